The van der Waals surface area contributed by atoms with Gasteiger partial charge in [0.2, 0.25) is 0 Å². The van der Waals surface area contributed by atoms with Gasteiger partial charge in [-0.15, -0.1) is 0 Å². The standard InChI is InChI=1S/C14H13BrN2O2/c1-19-12-5-2-10(3-6-12)8-17-14(18)11-4-7-13(15)16-9-11/h2-7,9H,8H2,1H3,(H,17,18). The van der Waals surface area contributed by atoms with Gasteiger partial charge in [-0.05, 0) is 45.8 Å². The molecule has 4 nitrogen and oxygen atoms in total. The number of amides is 1. The third-order valence-electron chi connectivity index (χ3n) is 2.60. The van der Waals surface area contributed by atoms with E-state index in [0.717, 1.165) is 11.3 Å². The summed E-state index contributed by atoms with van der Waals surface area (Å²) in [7, 11) is 1.62. The zero-order valence-electron chi connectivity index (χ0n) is 10.4. The molecular formula is C14H13BrN2O2. The Morgan fingerprint density at radius 2 is 2.00 bits per heavy atom. The summed E-state index contributed by atoms with van der Waals surface area (Å²) in [6.07, 6.45) is 1.54. The van der Waals surface area contributed by atoms with Crippen LogP contribution in [0.4, 0.5) is 0 Å². The van der Waals surface area contributed by atoms with Crippen molar-refractivity contribution in [3.05, 3.63) is 58.3 Å². The lowest BCUT2D eigenvalue weighted by Crippen LogP contribution is -2.22. The highest BCUT2D eigenvalue weighted by Gasteiger charge is 2.05. The zero-order valence-corrected chi connectivity index (χ0v) is 12.0. The van der Waals surface area contributed by atoms with Crippen LogP contribution in [0, 0.1) is 0 Å². The smallest absolute Gasteiger partial charge is 0.253 e. The van der Waals surface area contributed by atoms with E-state index in [1.165, 1.54) is 6.20 Å². The first-order valence-corrected chi connectivity index (χ1v) is 6.51. The number of carbonyl (C=O) groups is 1. The summed E-state index contributed by atoms with van der Waals surface area (Å²) >= 11 is 3.23. The molecule has 1 N–H and O–H groups in total. The fraction of sp³-hybridized carbons (Fsp3) is 0.143. The van der Waals surface area contributed by atoms with Crippen molar-refractivity contribution in [2.75, 3.05) is 7.11 Å². The maximum absolute atomic E-state index is 11.9. The molecule has 1 amide bonds. The molecular weight excluding hydrogens is 308 g/mol. The van der Waals surface area contributed by atoms with E-state index in [4.69, 9.17) is 4.74 Å². The number of hydrogen-bond acceptors (Lipinski definition) is 3. The van der Waals surface area contributed by atoms with Crippen LogP contribution in [0.25, 0.3) is 0 Å². The summed E-state index contributed by atoms with van der Waals surface area (Å²) < 4.78 is 5.78. The van der Waals surface area contributed by atoms with Gasteiger partial charge in [-0.2, -0.15) is 0 Å². The average Bonchev–Trinajstić information content (AvgIpc) is 2.46. The van der Waals surface area contributed by atoms with Gasteiger partial charge in [0.15, 0.2) is 0 Å². The second-order valence-corrected chi connectivity index (χ2v) is 4.71. The molecule has 0 bridgehead atoms. The molecule has 1 aromatic heterocycles. The van der Waals surface area contributed by atoms with E-state index in [-0.39, 0.29) is 5.91 Å². The van der Waals surface area contributed by atoms with Gasteiger partial charge in [0.25, 0.3) is 5.91 Å². The fourth-order valence-electron chi connectivity index (χ4n) is 1.54. The Bertz CT molecular complexity index is 553. The van der Waals surface area contributed by atoms with Crippen molar-refractivity contribution < 1.29 is 9.53 Å². The molecule has 5 heteroatoms. The molecule has 2 aromatic rings. The number of rotatable bonds is 4. The Hall–Kier alpha value is -1.88. The normalized spacial score (nSPS) is 10.0. The lowest BCUT2D eigenvalue weighted by Gasteiger charge is -2.06. The minimum absolute atomic E-state index is 0.143. The van der Waals surface area contributed by atoms with Crippen LogP contribution in [0.1, 0.15) is 15.9 Å². The third kappa shape index (κ3) is 3.79. The van der Waals surface area contributed by atoms with Crippen LogP contribution in [0.5, 0.6) is 5.75 Å². The van der Waals surface area contributed by atoms with Crippen molar-refractivity contribution in [3.8, 4) is 5.75 Å². The summed E-state index contributed by atoms with van der Waals surface area (Å²) in [5, 5.41) is 2.84. The lowest BCUT2D eigenvalue weighted by molar-refractivity contribution is 0.0950. The first-order valence-electron chi connectivity index (χ1n) is 5.72. The number of nitrogens with zero attached hydrogens (tertiary/aromatic N) is 1. The number of nitrogens with one attached hydrogen (secondary N) is 1. The molecule has 1 aromatic carbocycles. The Morgan fingerprint density at radius 1 is 1.26 bits per heavy atom. The van der Waals surface area contributed by atoms with Crippen LogP contribution >= 0.6 is 15.9 Å². The van der Waals surface area contributed by atoms with E-state index in [0.29, 0.717) is 16.7 Å². The average molecular weight is 321 g/mol. The predicted molar refractivity (Wildman–Crippen MR) is 76.1 cm³/mol. The molecule has 0 fully saturated rings. The predicted octanol–water partition coefficient (Wildman–Crippen LogP) is 2.78. The van der Waals surface area contributed by atoms with Crippen LogP contribution in [0.2, 0.25) is 0 Å². The first-order chi connectivity index (χ1) is 9.19. The van der Waals surface area contributed by atoms with Crippen molar-refractivity contribution in [1.82, 2.24) is 10.3 Å². The summed E-state index contributed by atoms with van der Waals surface area (Å²) in [5.74, 6) is 0.656. The number of aromatic nitrogens is 1. The first kappa shape index (κ1) is 13.5. The Balaban J connectivity index is 1.94. The van der Waals surface area contributed by atoms with E-state index < -0.39 is 0 Å². The molecule has 98 valence electrons. The topological polar surface area (TPSA) is 51.2 Å². The minimum atomic E-state index is -0.143. The van der Waals surface area contributed by atoms with E-state index in [2.05, 4.69) is 26.2 Å². The third-order valence-corrected chi connectivity index (χ3v) is 3.07. The van der Waals surface area contributed by atoms with Gasteiger partial charge >= 0.3 is 0 Å². The molecule has 0 aliphatic rings. The van der Waals surface area contributed by atoms with Gasteiger partial charge in [-0.1, -0.05) is 12.1 Å². The SMILES string of the molecule is COc1ccc(CNC(=O)c2ccc(Br)nc2)cc1. The number of methoxy groups -OCH3 is 1. The quantitative estimate of drug-likeness (QED) is 0.881. The highest BCUT2D eigenvalue weighted by Crippen LogP contribution is 2.11. The molecule has 2 rings (SSSR count). The molecule has 0 aliphatic heterocycles. The molecule has 0 radical (unpaired) electrons. The molecule has 19 heavy (non-hydrogen) atoms. The Labute approximate surface area is 119 Å². The second-order valence-electron chi connectivity index (χ2n) is 3.90. The minimum Gasteiger partial charge on any atom is -0.497 e. The van der Waals surface area contributed by atoms with Crippen LogP contribution < -0.4 is 10.1 Å². The lowest BCUT2D eigenvalue weighted by atomic mass is 10.2. The van der Waals surface area contributed by atoms with Crippen molar-refractivity contribution in [3.63, 3.8) is 0 Å². The number of pyridine rings is 1. The molecule has 0 unspecified atom stereocenters. The van der Waals surface area contributed by atoms with Crippen molar-refractivity contribution in [2.45, 2.75) is 6.54 Å². The monoisotopic (exact) mass is 320 g/mol. The van der Waals surface area contributed by atoms with E-state index >= 15 is 0 Å². The van der Waals surface area contributed by atoms with Gasteiger partial charge in [0, 0.05) is 12.7 Å². The summed E-state index contributed by atoms with van der Waals surface area (Å²) in [6, 6.07) is 11.0. The van der Waals surface area contributed by atoms with Gasteiger partial charge in [-0.3, -0.25) is 4.79 Å². The van der Waals surface area contributed by atoms with Crippen LogP contribution in [0.15, 0.2) is 47.2 Å². The fourth-order valence-corrected chi connectivity index (χ4v) is 1.77. The van der Waals surface area contributed by atoms with Gasteiger partial charge in [0.05, 0.1) is 12.7 Å². The van der Waals surface area contributed by atoms with Gasteiger partial charge in [-0.25, -0.2) is 4.98 Å². The Morgan fingerprint density at radius 3 is 2.58 bits per heavy atom. The number of benzene rings is 1. The van der Waals surface area contributed by atoms with E-state index in [1.54, 1.807) is 19.2 Å². The highest BCUT2D eigenvalue weighted by molar-refractivity contribution is 9.10. The largest absolute Gasteiger partial charge is 0.497 e. The van der Waals surface area contributed by atoms with Crippen molar-refractivity contribution in [2.24, 2.45) is 0 Å². The summed E-state index contributed by atoms with van der Waals surface area (Å²) in [4.78, 5) is 15.9. The molecule has 0 saturated carbocycles. The molecule has 1 heterocycles. The number of carbonyl (C=O) groups excluding carboxylic acids is 1. The van der Waals surface area contributed by atoms with Crippen LogP contribution in [0.3, 0.4) is 0 Å². The van der Waals surface area contributed by atoms with Crippen LogP contribution in [-0.2, 0) is 6.54 Å². The highest BCUT2D eigenvalue weighted by atomic mass is 79.9. The molecule has 0 aliphatic carbocycles. The zero-order chi connectivity index (χ0) is 13.7. The number of hydrogen-bond donors (Lipinski definition) is 1. The van der Waals surface area contributed by atoms with Gasteiger partial charge in [0.1, 0.15) is 10.4 Å². The second kappa shape index (κ2) is 6.33. The van der Waals surface area contributed by atoms with E-state index in [9.17, 15) is 4.79 Å². The Kier molecular flexibility index (Phi) is 4.52. The summed E-state index contributed by atoms with van der Waals surface area (Å²) in [6.45, 7) is 0.471. The van der Waals surface area contributed by atoms with Crippen LogP contribution in [-0.4, -0.2) is 18.0 Å². The maximum atomic E-state index is 11.9. The van der Waals surface area contributed by atoms with Crippen molar-refractivity contribution in [1.29, 1.82) is 0 Å². The molecule has 0 spiro atoms. The summed E-state index contributed by atoms with van der Waals surface area (Å²) in [5.41, 5.74) is 1.55. The van der Waals surface area contributed by atoms with Crippen molar-refractivity contribution >= 4 is 21.8 Å². The molecule has 0 saturated heterocycles. The molecule has 0 atom stereocenters. The maximum Gasteiger partial charge on any atom is 0.253 e. The van der Waals surface area contributed by atoms with Gasteiger partial charge < -0.3 is 10.1 Å². The number of halogens is 1. The number of ether oxygens (including phenoxy) is 1. The van der Waals surface area contributed by atoms with E-state index in [1.807, 2.05) is 24.3 Å².